The van der Waals surface area contributed by atoms with Gasteiger partial charge in [-0.2, -0.15) is 0 Å². The number of likely N-dealkylation sites (tertiary alicyclic amines) is 1. The number of fused-ring (bicyclic) bond motifs is 1. The summed E-state index contributed by atoms with van der Waals surface area (Å²) in [6, 6.07) is 7.27. The van der Waals surface area contributed by atoms with Gasteiger partial charge in [0.25, 0.3) is 5.56 Å². The Morgan fingerprint density at radius 3 is 3.04 bits per heavy atom. The molecule has 7 heteroatoms. The predicted molar refractivity (Wildman–Crippen MR) is 96.9 cm³/mol. The number of carbonyl (C=O) groups excluding carboxylic acids is 1. The summed E-state index contributed by atoms with van der Waals surface area (Å²) in [5, 5.41) is 2.85. The maximum atomic E-state index is 12.9. The highest BCUT2D eigenvalue weighted by Crippen LogP contribution is 2.30. The lowest BCUT2D eigenvalue weighted by Crippen LogP contribution is -2.40. The molecule has 0 aromatic carbocycles. The van der Waals surface area contributed by atoms with Gasteiger partial charge in [0, 0.05) is 34.6 Å². The first kappa shape index (κ1) is 16.1. The van der Waals surface area contributed by atoms with Gasteiger partial charge in [-0.05, 0) is 38.3 Å². The molecule has 0 radical (unpaired) electrons. The van der Waals surface area contributed by atoms with Crippen molar-refractivity contribution >= 4 is 22.9 Å². The van der Waals surface area contributed by atoms with E-state index >= 15 is 0 Å². The number of nitrogens with zero attached hydrogens (tertiary/aromatic N) is 3. The van der Waals surface area contributed by atoms with Crippen LogP contribution in [0.15, 0.2) is 35.3 Å². The van der Waals surface area contributed by atoms with Crippen molar-refractivity contribution in [2.75, 3.05) is 6.54 Å². The molecule has 1 amide bonds. The minimum absolute atomic E-state index is 0.114. The number of carbonyl (C=O) groups is 1. The number of piperidine rings is 1. The minimum Gasteiger partial charge on any atom is -0.334 e. The first-order chi connectivity index (χ1) is 12.1. The number of aryl methyl sites for hydroxylation is 1. The third kappa shape index (κ3) is 3.11. The maximum Gasteiger partial charge on any atom is 0.272 e. The van der Waals surface area contributed by atoms with Crippen molar-refractivity contribution in [3.63, 3.8) is 0 Å². The highest BCUT2D eigenvalue weighted by atomic mass is 32.1. The first-order valence-corrected chi connectivity index (χ1v) is 9.35. The Balaban J connectivity index is 1.63. The topological polar surface area (TPSA) is 70.5 Å². The van der Waals surface area contributed by atoms with Gasteiger partial charge in [0.2, 0.25) is 5.91 Å². The van der Waals surface area contributed by atoms with E-state index in [1.165, 1.54) is 9.39 Å². The van der Waals surface area contributed by atoms with E-state index in [1.54, 1.807) is 29.7 Å². The molecule has 0 spiro atoms. The fraction of sp³-hybridized carbons (Fsp3) is 0.389. The van der Waals surface area contributed by atoms with E-state index < -0.39 is 0 Å². The van der Waals surface area contributed by atoms with E-state index in [0.29, 0.717) is 17.8 Å². The Bertz CT molecular complexity index is 971. The van der Waals surface area contributed by atoms with Crippen molar-refractivity contribution in [3.05, 3.63) is 56.3 Å². The van der Waals surface area contributed by atoms with Crippen LogP contribution in [0.4, 0.5) is 0 Å². The highest BCUT2D eigenvalue weighted by Gasteiger charge is 2.29. The van der Waals surface area contributed by atoms with Gasteiger partial charge < -0.3 is 4.90 Å². The molecule has 4 heterocycles. The maximum absolute atomic E-state index is 12.9. The molecule has 1 atom stereocenters. The summed E-state index contributed by atoms with van der Waals surface area (Å²) in [7, 11) is 0. The van der Waals surface area contributed by atoms with Crippen LogP contribution in [0.5, 0.6) is 0 Å². The quantitative estimate of drug-likeness (QED) is 0.784. The fourth-order valence-electron chi connectivity index (χ4n) is 3.49. The van der Waals surface area contributed by atoms with Crippen LogP contribution < -0.4 is 5.56 Å². The van der Waals surface area contributed by atoms with Gasteiger partial charge in [0.1, 0.15) is 0 Å². The van der Waals surface area contributed by atoms with Crippen LogP contribution in [0, 0.1) is 6.92 Å². The predicted octanol–water partition coefficient (Wildman–Crippen LogP) is 2.69. The molecular weight excluding hydrogens is 336 g/mol. The lowest BCUT2D eigenvalue weighted by atomic mass is 9.98. The van der Waals surface area contributed by atoms with Crippen LogP contribution in [0.2, 0.25) is 0 Å². The van der Waals surface area contributed by atoms with E-state index in [2.05, 4.69) is 10.1 Å². The van der Waals surface area contributed by atoms with Crippen molar-refractivity contribution < 1.29 is 4.79 Å². The molecule has 0 bridgehead atoms. The second-order valence-electron chi connectivity index (χ2n) is 6.46. The monoisotopic (exact) mass is 356 g/mol. The molecule has 1 aliphatic rings. The van der Waals surface area contributed by atoms with Crippen molar-refractivity contribution in [2.24, 2.45) is 0 Å². The molecule has 1 aliphatic heterocycles. The normalized spacial score (nSPS) is 18.0. The molecular formula is C18H20N4O2S. The number of amides is 1. The van der Waals surface area contributed by atoms with Crippen LogP contribution in [0.3, 0.4) is 0 Å². The number of nitrogens with one attached hydrogen (secondary N) is 1. The van der Waals surface area contributed by atoms with Gasteiger partial charge in [-0.15, -0.1) is 11.3 Å². The fourth-order valence-corrected chi connectivity index (χ4v) is 4.37. The number of hydrogen-bond donors (Lipinski definition) is 1. The summed E-state index contributed by atoms with van der Waals surface area (Å²) < 4.78 is 1.41. The number of thiophene rings is 1. The molecule has 1 saturated heterocycles. The second-order valence-corrected chi connectivity index (χ2v) is 7.84. The SMILES string of the molecule is Cc1ccc(CC(=O)N2CCCC[C@@H]2c2cc(=O)n3[nH]ccc3n2)s1. The Morgan fingerprint density at radius 2 is 2.24 bits per heavy atom. The summed E-state index contributed by atoms with van der Waals surface area (Å²) >= 11 is 1.66. The molecule has 1 fully saturated rings. The summed E-state index contributed by atoms with van der Waals surface area (Å²) in [4.78, 5) is 33.9. The Labute approximate surface area is 149 Å². The van der Waals surface area contributed by atoms with Gasteiger partial charge in [0.15, 0.2) is 5.65 Å². The van der Waals surface area contributed by atoms with E-state index in [9.17, 15) is 9.59 Å². The molecule has 3 aromatic heterocycles. The van der Waals surface area contributed by atoms with Gasteiger partial charge in [0.05, 0.1) is 18.2 Å². The zero-order valence-electron chi connectivity index (χ0n) is 14.1. The Morgan fingerprint density at radius 1 is 1.36 bits per heavy atom. The molecule has 0 unspecified atom stereocenters. The third-order valence-electron chi connectivity index (χ3n) is 4.69. The van der Waals surface area contributed by atoms with Crippen LogP contribution in [0.25, 0.3) is 5.65 Å². The van der Waals surface area contributed by atoms with Gasteiger partial charge >= 0.3 is 0 Å². The molecule has 6 nitrogen and oxygen atoms in total. The lowest BCUT2D eigenvalue weighted by molar-refractivity contribution is -0.134. The van der Waals surface area contributed by atoms with Gasteiger partial charge in [-0.25, -0.2) is 9.50 Å². The number of H-pyrrole nitrogens is 1. The van der Waals surface area contributed by atoms with E-state index in [0.717, 1.165) is 30.7 Å². The van der Waals surface area contributed by atoms with Crippen molar-refractivity contribution in [3.8, 4) is 0 Å². The highest BCUT2D eigenvalue weighted by molar-refractivity contribution is 7.12. The first-order valence-electron chi connectivity index (χ1n) is 8.54. The average molecular weight is 356 g/mol. The Hall–Kier alpha value is -2.41. The van der Waals surface area contributed by atoms with Crippen molar-refractivity contribution in [1.29, 1.82) is 0 Å². The second kappa shape index (κ2) is 6.48. The summed E-state index contributed by atoms with van der Waals surface area (Å²) in [6.07, 6.45) is 5.00. The summed E-state index contributed by atoms with van der Waals surface area (Å²) in [5.74, 6) is 0.114. The Kier molecular flexibility index (Phi) is 4.17. The summed E-state index contributed by atoms with van der Waals surface area (Å²) in [6.45, 7) is 2.77. The number of aromatic nitrogens is 3. The molecule has 130 valence electrons. The molecule has 0 saturated carbocycles. The molecule has 0 aliphatic carbocycles. The average Bonchev–Trinajstić information content (AvgIpc) is 3.24. The van der Waals surface area contributed by atoms with Crippen LogP contribution >= 0.6 is 11.3 Å². The van der Waals surface area contributed by atoms with Crippen molar-refractivity contribution in [1.82, 2.24) is 19.5 Å². The molecule has 25 heavy (non-hydrogen) atoms. The zero-order chi connectivity index (χ0) is 17.4. The van der Waals surface area contributed by atoms with Gasteiger partial charge in [-0.3, -0.25) is 14.7 Å². The number of hydrogen-bond acceptors (Lipinski definition) is 4. The largest absolute Gasteiger partial charge is 0.334 e. The van der Waals surface area contributed by atoms with Crippen LogP contribution in [-0.4, -0.2) is 31.9 Å². The van der Waals surface area contributed by atoms with Crippen molar-refractivity contribution in [2.45, 2.75) is 38.6 Å². The van der Waals surface area contributed by atoms with Crippen LogP contribution in [0.1, 0.15) is 40.8 Å². The lowest BCUT2D eigenvalue weighted by Gasteiger charge is -2.35. The van der Waals surface area contributed by atoms with E-state index in [-0.39, 0.29) is 17.5 Å². The van der Waals surface area contributed by atoms with Crippen LogP contribution in [-0.2, 0) is 11.2 Å². The minimum atomic E-state index is -0.142. The molecule has 1 N–H and O–H groups in total. The summed E-state index contributed by atoms with van der Waals surface area (Å²) in [5.41, 5.74) is 1.14. The third-order valence-corrected chi connectivity index (χ3v) is 5.69. The molecule has 4 rings (SSSR count). The molecule has 3 aromatic rings. The van der Waals surface area contributed by atoms with E-state index in [1.807, 2.05) is 24.0 Å². The number of aromatic amines is 1. The van der Waals surface area contributed by atoms with E-state index in [4.69, 9.17) is 0 Å². The standard InChI is InChI=1S/C18H20N4O2S/c1-12-5-6-13(25-12)10-17(23)21-9-3-2-4-15(21)14-11-18(24)22-16(20-14)7-8-19-22/h5-8,11,15,19H,2-4,9-10H2,1H3/t15-/m1/s1. The van der Waals surface area contributed by atoms with Gasteiger partial charge in [-0.1, -0.05) is 0 Å². The zero-order valence-corrected chi connectivity index (χ0v) is 14.9. The number of rotatable bonds is 3. The smallest absolute Gasteiger partial charge is 0.272 e.